The summed E-state index contributed by atoms with van der Waals surface area (Å²) in [4.78, 5) is 13.9. The van der Waals surface area contributed by atoms with Gasteiger partial charge in [-0.1, -0.05) is 11.3 Å². The Bertz CT molecular complexity index is 421. The van der Waals surface area contributed by atoms with Crippen molar-refractivity contribution in [1.82, 2.24) is 15.1 Å². The highest BCUT2D eigenvalue weighted by molar-refractivity contribution is 7.17. The molecule has 1 aliphatic heterocycles. The lowest BCUT2D eigenvalue weighted by Gasteiger charge is -2.15. The van der Waals surface area contributed by atoms with Crippen LogP contribution >= 0.6 is 11.3 Å². The second kappa shape index (κ2) is 5.62. The average molecular weight is 270 g/mol. The zero-order valence-corrected chi connectivity index (χ0v) is 11.4. The molecule has 6 nitrogen and oxygen atoms in total. The van der Waals surface area contributed by atoms with E-state index >= 15 is 0 Å². The molecule has 1 fully saturated rings. The molecule has 2 atom stereocenters. The zero-order valence-electron chi connectivity index (χ0n) is 10.6. The van der Waals surface area contributed by atoms with E-state index in [2.05, 4.69) is 15.5 Å². The van der Waals surface area contributed by atoms with Crippen LogP contribution < -0.4 is 5.32 Å². The number of rotatable bonds is 4. The van der Waals surface area contributed by atoms with Gasteiger partial charge < -0.3 is 15.3 Å². The molecule has 0 spiro atoms. The third-order valence-corrected chi connectivity index (χ3v) is 4.00. The van der Waals surface area contributed by atoms with Crippen molar-refractivity contribution in [2.24, 2.45) is 5.92 Å². The molecular weight excluding hydrogens is 252 g/mol. The van der Waals surface area contributed by atoms with Crippen molar-refractivity contribution in [3.05, 3.63) is 5.01 Å². The maximum Gasteiger partial charge on any atom is 0.284 e. The minimum atomic E-state index is -0.366. The van der Waals surface area contributed by atoms with Crippen LogP contribution in [0.1, 0.15) is 30.1 Å². The van der Waals surface area contributed by atoms with Gasteiger partial charge in [0.1, 0.15) is 0 Å². The molecule has 0 bridgehead atoms. The van der Waals surface area contributed by atoms with Gasteiger partial charge in [0.2, 0.25) is 10.1 Å². The highest BCUT2D eigenvalue weighted by Gasteiger charge is 2.31. The Hall–Kier alpha value is -1.21. The molecule has 2 unspecified atom stereocenters. The van der Waals surface area contributed by atoms with Crippen LogP contribution in [0, 0.1) is 5.92 Å². The fourth-order valence-corrected chi connectivity index (χ4v) is 2.81. The summed E-state index contributed by atoms with van der Waals surface area (Å²) in [5, 5.41) is 21.5. The number of nitrogens with zero attached hydrogens (tertiary/aromatic N) is 3. The molecule has 1 aromatic heterocycles. The number of aliphatic hydroxyl groups excluding tert-OH is 1. The van der Waals surface area contributed by atoms with E-state index in [1.54, 1.807) is 11.8 Å². The number of carbonyl (C=O) groups excluding carboxylic acids is 1. The maximum atomic E-state index is 12.2. The summed E-state index contributed by atoms with van der Waals surface area (Å²) in [6.07, 6.45) is 0.483. The predicted molar refractivity (Wildman–Crippen MR) is 69.8 cm³/mol. The molecule has 0 aliphatic carbocycles. The van der Waals surface area contributed by atoms with Crippen LogP contribution in [0.15, 0.2) is 0 Å². The van der Waals surface area contributed by atoms with Crippen LogP contribution in [-0.4, -0.2) is 51.8 Å². The minimum absolute atomic E-state index is 0.0835. The number of aromatic nitrogens is 2. The van der Waals surface area contributed by atoms with E-state index in [0.29, 0.717) is 23.2 Å². The Morgan fingerprint density at radius 2 is 2.44 bits per heavy atom. The maximum absolute atomic E-state index is 12.2. The molecule has 1 saturated heterocycles. The molecule has 18 heavy (non-hydrogen) atoms. The number of aliphatic hydroxyl groups is 1. The fraction of sp³-hybridized carbons (Fsp3) is 0.727. The number of hydrogen-bond acceptors (Lipinski definition) is 6. The third kappa shape index (κ3) is 2.78. The molecule has 0 radical (unpaired) electrons. The van der Waals surface area contributed by atoms with Crippen LogP contribution in [-0.2, 0) is 0 Å². The molecule has 2 heterocycles. The Kier molecular flexibility index (Phi) is 4.13. The van der Waals surface area contributed by atoms with Gasteiger partial charge in [-0.3, -0.25) is 4.79 Å². The van der Waals surface area contributed by atoms with E-state index in [-0.39, 0.29) is 17.9 Å². The highest BCUT2D eigenvalue weighted by atomic mass is 32.1. The fourth-order valence-electron chi connectivity index (χ4n) is 2.03. The van der Waals surface area contributed by atoms with Gasteiger partial charge in [0.15, 0.2) is 0 Å². The first-order chi connectivity index (χ1) is 8.61. The predicted octanol–water partition coefficient (Wildman–Crippen LogP) is 0.813. The number of carbonyl (C=O) groups is 1. The molecule has 7 heteroatoms. The summed E-state index contributed by atoms with van der Waals surface area (Å²) in [7, 11) is 0. The summed E-state index contributed by atoms with van der Waals surface area (Å²) >= 11 is 1.27. The van der Waals surface area contributed by atoms with E-state index < -0.39 is 0 Å². The van der Waals surface area contributed by atoms with Crippen LogP contribution in [0.5, 0.6) is 0 Å². The first-order valence-electron chi connectivity index (χ1n) is 6.16. The quantitative estimate of drug-likeness (QED) is 0.846. The van der Waals surface area contributed by atoms with Crippen molar-refractivity contribution in [3.8, 4) is 0 Å². The Morgan fingerprint density at radius 3 is 3.06 bits per heavy atom. The molecular formula is C11H18N4O2S. The highest BCUT2D eigenvalue weighted by Crippen LogP contribution is 2.23. The van der Waals surface area contributed by atoms with Crippen LogP contribution in [0.25, 0.3) is 0 Å². The monoisotopic (exact) mass is 270 g/mol. The molecule has 2 N–H and O–H groups in total. The molecule has 1 amide bonds. The molecule has 100 valence electrons. The number of likely N-dealkylation sites (tertiary alicyclic amines) is 1. The van der Waals surface area contributed by atoms with Crippen molar-refractivity contribution in [1.29, 1.82) is 0 Å². The lowest BCUT2D eigenvalue weighted by atomic mass is 10.0. The minimum Gasteiger partial charge on any atom is -0.393 e. The molecule has 0 saturated carbocycles. The van der Waals surface area contributed by atoms with Crippen molar-refractivity contribution in [3.63, 3.8) is 0 Å². The van der Waals surface area contributed by atoms with E-state index in [0.717, 1.165) is 13.0 Å². The van der Waals surface area contributed by atoms with Crippen LogP contribution in [0.4, 0.5) is 5.13 Å². The van der Waals surface area contributed by atoms with Gasteiger partial charge in [0, 0.05) is 25.6 Å². The second-order valence-corrected chi connectivity index (χ2v) is 5.46. The van der Waals surface area contributed by atoms with Crippen molar-refractivity contribution >= 4 is 22.4 Å². The van der Waals surface area contributed by atoms with Crippen LogP contribution in [0.2, 0.25) is 0 Å². The molecule has 1 aromatic rings. The average Bonchev–Trinajstić information content (AvgIpc) is 2.97. The lowest BCUT2D eigenvalue weighted by Crippen LogP contribution is -2.30. The van der Waals surface area contributed by atoms with Gasteiger partial charge >= 0.3 is 0 Å². The summed E-state index contributed by atoms with van der Waals surface area (Å²) < 4.78 is 0. The van der Waals surface area contributed by atoms with Crippen LogP contribution in [0.3, 0.4) is 0 Å². The molecule has 1 aliphatic rings. The zero-order chi connectivity index (χ0) is 13.1. The van der Waals surface area contributed by atoms with Gasteiger partial charge in [-0.05, 0) is 20.3 Å². The second-order valence-electron chi connectivity index (χ2n) is 4.48. The van der Waals surface area contributed by atoms with E-state index in [9.17, 15) is 9.90 Å². The first kappa shape index (κ1) is 13.2. The Morgan fingerprint density at radius 1 is 1.67 bits per heavy atom. The Balaban J connectivity index is 1.99. The van der Waals surface area contributed by atoms with Gasteiger partial charge in [0.05, 0.1) is 6.10 Å². The first-order valence-corrected chi connectivity index (χ1v) is 6.98. The van der Waals surface area contributed by atoms with Crippen molar-refractivity contribution in [2.75, 3.05) is 25.0 Å². The van der Waals surface area contributed by atoms with Crippen molar-refractivity contribution < 1.29 is 9.90 Å². The van der Waals surface area contributed by atoms with Gasteiger partial charge in [-0.25, -0.2) is 0 Å². The third-order valence-electron chi connectivity index (χ3n) is 3.13. The normalized spacial score (nSPS) is 21.1. The van der Waals surface area contributed by atoms with Gasteiger partial charge in [-0.15, -0.1) is 10.2 Å². The number of hydrogen-bond donors (Lipinski definition) is 2. The van der Waals surface area contributed by atoms with E-state index in [4.69, 9.17) is 0 Å². The van der Waals surface area contributed by atoms with Gasteiger partial charge in [-0.2, -0.15) is 0 Å². The van der Waals surface area contributed by atoms with Crippen molar-refractivity contribution in [2.45, 2.75) is 26.4 Å². The van der Waals surface area contributed by atoms with E-state index in [1.807, 2.05) is 6.92 Å². The summed E-state index contributed by atoms with van der Waals surface area (Å²) in [5.74, 6) is 0.0925. The molecule has 0 aromatic carbocycles. The largest absolute Gasteiger partial charge is 0.393 e. The summed E-state index contributed by atoms with van der Waals surface area (Å²) in [6.45, 7) is 5.79. The standard InChI is InChI=1S/C11H18N4O2S/c1-3-12-11-14-13-9(18-11)10(17)15-5-4-8(6-15)7(2)16/h7-8,16H,3-6H2,1-2H3,(H,12,14). The number of anilines is 1. The smallest absolute Gasteiger partial charge is 0.284 e. The summed E-state index contributed by atoms with van der Waals surface area (Å²) in [5.41, 5.74) is 0. The number of nitrogens with one attached hydrogen (secondary N) is 1. The molecule has 2 rings (SSSR count). The Labute approximate surface area is 110 Å². The van der Waals surface area contributed by atoms with Gasteiger partial charge in [0.25, 0.3) is 5.91 Å². The lowest BCUT2D eigenvalue weighted by molar-refractivity contribution is 0.0761. The SMILES string of the molecule is CCNc1nnc(C(=O)N2CCC(C(C)O)C2)s1. The van der Waals surface area contributed by atoms with E-state index in [1.165, 1.54) is 11.3 Å². The summed E-state index contributed by atoms with van der Waals surface area (Å²) in [6, 6.07) is 0. The topological polar surface area (TPSA) is 78.4 Å². The number of amides is 1.